The average Bonchev–Trinajstić information content (AvgIpc) is 2.71. The fourth-order valence-corrected chi connectivity index (χ4v) is 1.32. The third kappa shape index (κ3) is 2.22. The van der Waals surface area contributed by atoms with Crippen LogP contribution in [0.5, 0.6) is 0 Å². The van der Waals surface area contributed by atoms with E-state index in [4.69, 9.17) is 0 Å². The van der Waals surface area contributed by atoms with Crippen molar-refractivity contribution in [2.45, 2.75) is 6.54 Å². The van der Waals surface area contributed by atoms with Gasteiger partial charge >= 0.3 is 0 Å². The summed E-state index contributed by atoms with van der Waals surface area (Å²) in [5.74, 6) is -3.94. The van der Waals surface area contributed by atoms with E-state index in [-0.39, 0.29) is 12.2 Å². The minimum absolute atomic E-state index is 0.106. The second kappa shape index (κ2) is 4.44. The van der Waals surface area contributed by atoms with E-state index in [1.165, 1.54) is 10.9 Å². The van der Waals surface area contributed by atoms with Gasteiger partial charge in [0.1, 0.15) is 0 Å². The number of aromatic nitrogens is 3. The van der Waals surface area contributed by atoms with Crippen molar-refractivity contribution in [2.75, 3.05) is 5.32 Å². The molecule has 0 saturated carbocycles. The van der Waals surface area contributed by atoms with E-state index in [1.54, 1.807) is 7.05 Å². The Morgan fingerprint density at radius 3 is 2.65 bits per heavy atom. The Hall–Kier alpha value is -2.05. The summed E-state index contributed by atoms with van der Waals surface area (Å²) in [5, 5.41) is 9.96. The molecule has 4 nitrogen and oxygen atoms in total. The third-order valence-corrected chi connectivity index (χ3v) is 2.30. The first kappa shape index (κ1) is 11.4. The van der Waals surface area contributed by atoms with E-state index in [9.17, 15) is 13.2 Å². The Morgan fingerprint density at radius 1 is 1.24 bits per heavy atom. The normalized spacial score (nSPS) is 10.6. The molecule has 7 heteroatoms. The zero-order chi connectivity index (χ0) is 12.4. The number of nitrogens with zero attached hydrogens (tertiary/aromatic N) is 3. The van der Waals surface area contributed by atoms with Crippen LogP contribution in [0.1, 0.15) is 5.69 Å². The lowest BCUT2D eigenvalue weighted by Gasteiger charge is -2.07. The summed E-state index contributed by atoms with van der Waals surface area (Å²) in [4.78, 5) is 0. The highest BCUT2D eigenvalue weighted by Crippen LogP contribution is 2.19. The molecule has 0 bridgehead atoms. The molecule has 1 aromatic heterocycles. The molecule has 1 aromatic carbocycles. The predicted molar refractivity (Wildman–Crippen MR) is 54.6 cm³/mol. The largest absolute Gasteiger partial charge is 0.377 e. The molecule has 0 spiro atoms. The fraction of sp³-hybridized carbons (Fsp3) is 0.200. The van der Waals surface area contributed by atoms with Crippen LogP contribution in [0.15, 0.2) is 18.3 Å². The maximum Gasteiger partial charge on any atom is 0.196 e. The van der Waals surface area contributed by atoms with Gasteiger partial charge in [0.05, 0.1) is 24.1 Å². The Labute approximate surface area is 95.1 Å². The highest BCUT2D eigenvalue weighted by Gasteiger charge is 2.13. The summed E-state index contributed by atoms with van der Waals surface area (Å²) >= 11 is 0. The van der Waals surface area contributed by atoms with Gasteiger partial charge in [-0.2, -0.15) is 0 Å². The molecule has 0 aliphatic rings. The van der Waals surface area contributed by atoms with Gasteiger partial charge < -0.3 is 5.32 Å². The first-order valence-corrected chi connectivity index (χ1v) is 4.80. The van der Waals surface area contributed by atoms with Crippen LogP contribution in [0.4, 0.5) is 18.9 Å². The number of nitrogens with one attached hydrogen (secondary N) is 1. The lowest BCUT2D eigenvalue weighted by molar-refractivity contribution is 0.449. The summed E-state index contributed by atoms with van der Waals surface area (Å²) in [6.45, 7) is 0.214. The van der Waals surface area contributed by atoms with Crippen LogP contribution in [0.3, 0.4) is 0 Å². The van der Waals surface area contributed by atoms with E-state index in [1.807, 2.05) is 0 Å². The fourth-order valence-electron chi connectivity index (χ4n) is 1.32. The van der Waals surface area contributed by atoms with E-state index >= 15 is 0 Å². The maximum absolute atomic E-state index is 13.3. The van der Waals surface area contributed by atoms with Crippen molar-refractivity contribution in [3.8, 4) is 0 Å². The number of hydrogen-bond acceptors (Lipinski definition) is 3. The van der Waals surface area contributed by atoms with Gasteiger partial charge in [0, 0.05) is 7.05 Å². The van der Waals surface area contributed by atoms with Gasteiger partial charge in [-0.15, -0.1) is 5.10 Å². The number of halogens is 3. The van der Waals surface area contributed by atoms with E-state index in [2.05, 4.69) is 15.6 Å². The van der Waals surface area contributed by atoms with Crippen molar-refractivity contribution >= 4 is 5.69 Å². The number of rotatable bonds is 3. The maximum atomic E-state index is 13.3. The Kier molecular flexibility index (Phi) is 2.99. The van der Waals surface area contributed by atoms with Crippen LogP contribution in [0, 0.1) is 17.5 Å². The second-order valence-corrected chi connectivity index (χ2v) is 3.43. The topological polar surface area (TPSA) is 42.7 Å². The van der Waals surface area contributed by atoms with E-state index in [0.717, 1.165) is 12.1 Å². The standard InChI is InChI=1S/C10H9F3N4/c1-17-6(5-15-16-17)4-14-8-3-2-7(11)9(12)10(8)13/h2-3,5,14H,4H2,1H3. The van der Waals surface area contributed by atoms with Gasteiger partial charge in [-0.1, -0.05) is 5.21 Å². The zero-order valence-electron chi connectivity index (χ0n) is 8.91. The van der Waals surface area contributed by atoms with E-state index in [0.29, 0.717) is 5.69 Å². The number of aryl methyl sites for hydroxylation is 1. The summed E-state index contributed by atoms with van der Waals surface area (Å²) in [6.07, 6.45) is 1.49. The van der Waals surface area contributed by atoms with Gasteiger partial charge in [-0.3, -0.25) is 4.68 Å². The highest BCUT2D eigenvalue weighted by molar-refractivity contribution is 5.45. The molecular formula is C10H9F3N4. The molecule has 90 valence electrons. The SMILES string of the molecule is Cn1nncc1CNc1ccc(F)c(F)c1F. The van der Waals surface area contributed by atoms with Crippen LogP contribution >= 0.6 is 0 Å². The van der Waals surface area contributed by atoms with Gasteiger partial charge in [0.15, 0.2) is 17.5 Å². The molecule has 2 rings (SSSR count). The van der Waals surface area contributed by atoms with Crippen molar-refractivity contribution < 1.29 is 13.2 Å². The zero-order valence-corrected chi connectivity index (χ0v) is 8.91. The second-order valence-electron chi connectivity index (χ2n) is 3.43. The smallest absolute Gasteiger partial charge is 0.196 e. The Balaban J connectivity index is 2.15. The van der Waals surface area contributed by atoms with Crippen molar-refractivity contribution in [2.24, 2.45) is 7.05 Å². The molecule has 0 unspecified atom stereocenters. The molecule has 2 aromatic rings. The van der Waals surface area contributed by atoms with Gasteiger partial charge in [0.25, 0.3) is 0 Å². The molecule has 0 aliphatic heterocycles. The quantitative estimate of drug-likeness (QED) is 0.835. The van der Waals surface area contributed by atoms with Crippen LogP contribution in [-0.2, 0) is 13.6 Å². The van der Waals surface area contributed by atoms with Crippen molar-refractivity contribution in [1.29, 1.82) is 0 Å². The molecule has 0 radical (unpaired) electrons. The van der Waals surface area contributed by atoms with Gasteiger partial charge in [-0.05, 0) is 12.1 Å². The minimum atomic E-state index is -1.49. The molecule has 0 fully saturated rings. The molecule has 0 atom stereocenters. The van der Waals surface area contributed by atoms with Crippen molar-refractivity contribution in [1.82, 2.24) is 15.0 Å². The van der Waals surface area contributed by atoms with Crippen LogP contribution in [-0.4, -0.2) is 15.0 Å². The predicted octanol–water partition coefficient (Wildman–Crippen LogP) is 1.84. The molecule has 0 amide bonds. The molecule has 0 aliphatic carbocycles. The average molecular weight is 242 g/mol. The van der Waals surface area contributed by atoms with Gasteiger partial charge in [0.2, 0.25) is 0 Å². The molecule has 17 heavy (non-hydrogen) atoms. The molecule has 1 heterocycles. The molecule has 1 N–H and O–H groups in total. The van der Waals surface area contributed by atoms with Crippen LogP contribution in [0.2, 0.25) is 0 Å². The summed E-state index contributed by atoms with van der Waals surface area (Å²) in [7, 11) is 1.67. The molecular weight excluding hydrogens is 233 g/mol. The number of hydrogen-bond donors (Lipinski definition) is 1. The first-order chi connectivity index (χ1) is 8.09. The lowest BCUT2D eigenvalue weighted by atomic mass is 10.2. The van der Waals surface area contributed by atoms with Gasteiger partial charge in [-0.25, -0.2) is 13.2 Å². The van der Waals surface area contributed by atoms with E-state index < -0.39 is 17.5 Å². The summed E-state index contributed by atoms with van der Waals surface area (Å²) in [5.41, 5.74) is 0.583. The van der Waals surface area contributed by atoms with Crippen molar-refractivity contribution in [3.05, 3.63) is 41.5 Å². The van der Waals surface area contributed by atoms with Crippen LogP contribution in [0.25, 0.3) is 0 Å². The summed E-state index contributed by atoms with van der Waals surface area (Å²) in [6, 6.07) is 2.00. The first-order valence-electron chi connectivity index (χ1n) is 4.80. The third-order valence-electron chi connectivity index (χ3n) is 2.30. The Morgan fingerprint density at radius 2 is 2.00 bits per heavy atom. The molecule has 0 saturated heterocycles. The number of benzene rings is 1. The monoisotopic (exact) mass is 242 g/mol. The van der Waals surface area contributed by atoms with Crippen LogP contribution < -0.4 is 5.32 Å². The number of anilines is 1. The minimum Gasteiger partial charge on any atom is -0.377 e. The Bertz CT molecular complexity index is 538. The lowest BCUT2D eigenvalue weighted by Crippen LogP contribution is -2.07. The summed E-state index contributed by atoms with van der Waals surface area (Å²) < 4.78 is 40.4. The van der Waals surface area contributed by atoms with Crippen molar-refractivity contribution in [3.63, 3.8) is 0 Å². The highest BCUT2D eigenvalue weighted by atomic mass is 19.2.